The van der Waals surface area contributed by atoms with Crippen LogP contribution in [0.25, 0.3) is 0 Å². The zero-order valence-electron chi connectivity index (χ0n) is 9.73. The number of amides is 1. The monoisotopic (exact) mass is 216 g/mol. The molecule has 3 heteroatoms. The van der Waals surface area contributed by atoms with Gasteiger partial charge in [-0.1, -0.05) is 19.4 Å². The van der Waals surface area contributed by atoms with Crippen LogP contribution in [-0.2, 0) is 0 Å². The van der Waals surface area contributed by atoms with Gasteiger partial charge in [-0.15, -0.1) is 0 Å². The first-order valence-electron chi connectivity index (χ1n) is 5.44. The van der Waals surface area contributed by atoms with Gasteiger partial charge in [-0.2, -0.15) is 5.26 Å². The lowest BCUT2D eigenvalue weighted by atomic mass is 10.1. The van der Waals surface area contributed by atoms with Crippen LogP contribution in [0, 0.1) is 11.3 Å². The van der Waals surface area contributed by atoms with Crippen molar-refractivity contribution < 1.29 is 4.79 Å². The van der Waals surface area contributed by atoms with Gasteiger partial charge >= 0.3 is 0 Å². The van der Waals surface area contributed by atoms with E-state index in [1.807, 2.05) is 6.07 Å². The predicted octanol–water partition coefficient (Wildman–Crippen LogP) is 2.43. The minimum Gasteiger partial charge on any atom is -0.342 e. The maximum Gasteiger partial charge on any atom is 0.253 e. The predicted molar refractivity (Wildman–Crippen MR) is 63.0 cm³/mol. The Morgan fingerprint density at radius 2 is 2.25 bits per heavy atom. The second-order valence-electron chi connectivity index (χ2n) is 3.77. The van der Waals surface area contributed by atoms with Crippen molar-refractivity contribution in [1.82, 2.24) is 4.90 Å². The molecule has 16 heavy (non-hydrogen) atoms. The summed E-state index contributed by atoms with van der Waals surface area (Å²) in [5.74, 6) is -0.0226. The molecule has 0 unspecified atom stereocenters. The van der Waals surface area contributed by atoms with Crippen LogP contribution in [0.2, 0.25) is 0 Å². The summed E-state index contributed by atoms with van der Waals surface area (Å²) in [7, 11) is 1.79. The second-order valence-corrected chi connectivity index (χ2v) is 3.77. The molecule has 84 valence electrons. The van der Waals surface area contributed by atoms with Crippen molar-refractivity contribution in [2.45, 2.75) is 19.8 Å². The van der Waals surface area contributed by atoms with Crippen LogP contribution < -0.4 is 0 Å². The Bertz CT molecular complexity index is 407. The van der Waals surface area contributed by atoms with E-state index in [-0.39, 0.29) is 5.91 Å². The van der Waals surface area contributed by atoms with Crippen molar-refractivity contribution in [3.63, 3.8) is 0 Å². The van der Waals surface area contributed by atoms with E-state index in [0.29, 0.717) is 11.1 Å². The largest absolute Gasteiger partial charge is 0.342 e. The topological polar surface area (TPSA) is 44.1 Å². The summed E-state index contributed by atoms with van der Waals surface area (Å²) in [4.78, 5) is 13.6. The van der Waals surface area contributed by atoms with Crippen LogP contribution in [0.15, 0.2) is 24.3 Å². The lowest BCUT2D eigenvalue weighted by Crippen LogP contribution is -2.27. The highest BCUT2D eigenvalue weighted by Crippen LogP contribution is 2.07. The standard InChI is InChI=1S/C13H16N2O/c1-3-4-8-15(2)13(16)12-7-5-6-11(9-12)10-14/h5-7,9H,3-4,8H2,1-2H3. The lowest BCUT2D eigenvalue weighted by molar-refractivity contribution is 0.0793. The number of nitrogens with zero attached hydrogens (tertiary/aromatic N) is 2. The van der Waals surface area contributed by atoms with Gasteiger partial charge in [-0.3, -0.25) is 4.79 Å². The van der Waals surface area contributed by atoms with E-state index in [9.17, 15) is 4.79 Å². The zero-order valence-corrected chi connectivity index (χ0v) is 9.73. The summed E-state index contributed by atoms with van der Waals surface area (Å²) < 4.78 is 0. The third-order valence-electron chi connectivity index (χ3n) is 2.43. The van der Waals surface area contributed by atoms with Crippen molar-refractivity contribution in [3.8, 4) is 6.07 Å². The number of unbranched alkanes of at least 4 members (excludes halogenated alkanes) is 1. The third kappa shape index (κ3) is 3.09. The maximum absolute atomic E-state index is 11.9. The van der Waals surface area contributed by atoms with E-state index in [2.05, 4.69) is 6.92 Å². The highest BCUT2D eigenvalue weighted by Gasteiger charge is 2.10. The fourth-order valence-corrected chi connectivity index (χ4v) is 1.44. The molecular formula is C13H16N2O. The van der Waals surface area contributed by atoms with Gasteiger partial charge in [0.1, 0.15) is 0 Å². The molecule has 0 aliphatic carbocycles. The summed E-state index contributed by atoms with van der Waals surface area (Å²) in [6, 6.07) is 8.84. The first kappa shape index (κ1) is 12.3. The number of carbonyl (C=O) groups excluding carboxylic acids is 1. The molecule has 0 bridgehead atoms. The van der Waals surface area contributed by atoms with E-state index in [0.717, 1.165) is 19.4 Å². The number of carbonyl (C=O) groups is 1. The molecule has 0 heterocycles. The van der Waals surface area contributed by atoms with E-state index in [4.69, 9.17) is 5.26 Å². The van der Waals surface area contributed by atoms with Gasteiger partial charge < -0.3 is 4.90 Å². The molecule has 0 saturated carbocycles. The van der Waals surface area contributed by atoms with Crippen molar-refractivity contribution in [2.75, 3.05) is 13.6 Å². The molecule has 0 aliphatic heterocycles. The summed E-state index contributed by atoms with van der Waals surface area (Å²) in [6.07, 6.45) is 2.07. The molecule has 3 nitrogen and oxygen atoms in total. The Morgan fingerprint density at radius 1 is 1.50 bits per heavy atom. The van der Waals surface area contributed by atoms with E-state index < -0.39 is 0 Å². The van der Waals surface area contributed by atoms with Gasteiger partial charge in [-0.05, 0) is 24.6 Å². The smallest absolute Gasteiger partial charge is 0.253 e. The Kier molecular flexibility index (Phi) is 4.53. The maximum atomic E-state index is 11.9. The summed E-state index contributed by atoms with van der Waals surface area (Å²) in [5.41, 5.74) is 1.10. The number of hydrogen-bond donors (Lipinski definition) is 0. The minimum atomic E-state index is -0.0226. The normalized spacial score (nSPS) is 9.56. The Balaban J connectivity index is 2.76. The zero-order chi connectivity index (χ0) is 12.0. The number of rotatable bonds is 4. The van der Waals surface area contributed by atoms with Crippen molar-refractivity contribution in [3.05, 3.63) is 35.4 Å². The Labute approximate surface area is 96.3 Å². The van der Waals surface area contributed by atoms with E-state index in [1.54, 1.807) is 36.2 Å². The molecule has 0 aromatic heterocycles. The van der Waals surface area contributed by atoms with Gasteiger partial charge in [0.25, 0.3) is 5.91 Å². The molecule has 1 amide bonds. The van der Waals surface area contributed by atoms with Crippen LogP contribution >= 0.6 is 0 Å². The molecule has 1 aromatic rings. The van der Waals surface area contributed by atoms with Crippen molar-refractivity contribution in [2.24, 2.45) is 0 Å². The summed E-state index contributed by atoms with van der Waals surface area (Å²) >= 11 is 0. The first-order valence-corrected chi connectivity index (χ1v) is 5.44. The molecule has 0 spiro atoms. The fraction of sp³-hybridized carbons (Fsp3) is 0.385. The molecule has 0 fully saturated rings. The SMILES string of the molecule is CCCCN(C)C(=O)c1cccc(C#N)c1. The van der Waals surface area contributed by atoms with Crippen LogP contribution in [-0.4, -0.2) is 24.4 Å². The fourth-order valence-electron chi connectivity index (χ4n) is 1.44. The Morgan fingerprint density at radius 3 is 2.88 bits per heavy atom. The summed E-state index contributed by atoms with van der Waals surface area (Å²) in [5, 5.41) is 8.75. The van der Waals surface area contributed by atoms with Gasteiger partial charge in [0, 0.05) is 19.2 Å². The molecule has 0 aliphatic rings. The quantitative estimate of drug-likeness (QED) is 0.775. The van der Waals surface area contributed by atoms with Crippen molar-refractivity contribution >= 4 is 5.91 Å². The van der Waals surface area contributed by atoms with Gasteiger partial charge in [-0.25, -0.2) is 0 Å². The van der Waals surface area contributed by atoms with Gasteiger partial charge in [0.15, 0.2) is 0 Å². The van der Waals surface area contributed by atoms with Crippen LogP contribution in [0.4, 0.5) is 0 Å². The molecule has 0 radical (unpaired) electrons. The Hall–Kier alpha value is -1.82. The molecule has 1 aromatic carbocycles. The third-order valence-corrected chi connectivity index (χ3v) is 2.43. The number of benzene rings is 1. The highest BCUT2D eigenvalue weighted by atomic mass is 16.2. The number of hydrogen-bond acceptors (Lipinski definition) is 2. The molecule has 1 rings (SSSR count). The number of nitriles is 1. The molecule has 0 N–H and O–H groups in total. The minimum absolute atomic E-state index is 0.0226. The average molecular weight is 216 g/mol. The molecular weight excluding hydrogens is 200 g/mol. The van der Waals surface area contributed by atoms with E-state index >= 15 is 0 Å². The van der Waals surface area contributed by atoms with Crippen molar-refractivity contribution in [1.29, 1.82) is 5.26 Å². The van der Waals surface area contributed by atoms with Crippen LogP contribution in [0.3, 0.4) is 0 Å². The molecule has 0 saturated heterocycles. The van der Waals surface area contributed by atoms with Crippen LogP contribution in [0.1, 0.15) is 35.7 Å². The molecule has 0 atom stereocenters. The first-order chi connectivity index (χ1) is 7.69. The van der Waals surface area contributed by atoms with Crippen LogP contribution in [0.5, 0.6) is 0 Å². The highest BCUT2D eigenvalue weighted by molar-refractivity contribution is 5.94. The average Bonchev–Trinajstić information content (AvgIpc) is 2.35. The van der Waals surface area contributed by atoms with Gasteiger partial charge in [0.2, 0.25) is 0 Å². The van der Waals surface area contributed by atoms with Gasteiger partial charge in [0.05, 0.1) is 11.6 Å². The lowest BCUT2D eigenvalue weighted by Gasteiger charge is -2.16. The summed E-state index contributed by atoms with van der Waals surface area (Å²) in [6.45, 7) is 2.85. The van der Waals surface area contributed by atoms with E-state index in [1.165, 1.54) is 0 Å². The second kappa shape index (κ2) is 5.92.